The van der Waals surface area contributed by atoms with Crippen molar-refractivity contribution in [1.29, 1.82) is 0 Å². The van der Waals surface area contributed by atoms with E-state index in [-0.39, 0.29) is 11.4 Å². The lowest BCUT2D eigenvalue weighted by Crippen LogP contribution is -2.48. The summed E-state index contributed by atoms with van der Waals surface area (Å²) in [4.78, 5) is 0. The first kappa shape index (κ1) is 16.7. The minimum absolute atomic E-state index is 0.0647. The molecule has 3 rings (SSSR count). The Bertz CT molecular complexity index is 334. The van der Waals surface area contributed by atoms with Gasteiger partial charge in [-0.2, -0.15) is 0 Å². The van der Waals surface area contributed by atoms with Crippen molar-refractivity contribution in [3.63, 3.8) is 0 Å². The average Bonchev–Trinajstić information content (AvgIpc) is 2.92. The van der Waals surface area contributed by atoms with Crippen LogP contribution in [-0.2, 0) is 9.47 Å². The largest absolute Gasteiger partial charge is 0.347 e. The number of unbranched alkanes of at least 4 members (excludes halogenated alkanes) is 1. The fourth-order valence-corrected chi connectivity index (χ4v) is 4.49. The van der Waals surface area contributed by atoms with Gasteiger partial charge >= 0.3 is 0 Å². The molecule has 3 heteroatoms. The second kappa shape index (κ2) is 7.63. The molecule has 0 bridgehead atoms. The van der Waals surface area contributed by atoms with Crippen LogP contribution in [0.2, 0.25) is 0 Å². The molecule has 1 atom stereocenters. The maximum absolute atomic E-state index is 6.69. The Kier molecular flexibility index (Phi) is 5.80. The van der Waals surface area contributed by atoms with E-state index in [1.165, 1.54) is 64.2 Å². The van der Waals surface area contributed by atoms with Crippen molar-refractivity contribution in [2.24, 2.45) is 0 Å². The molecule has 3 nitrogen and oxygen atoms in total. The SMILES string of the molecule is CCCCC1(CNC2CCCCC2)COC2(CCCCC2)O1. The summed E-state index contributed by atoms with van der Waals surface area (Å²) in [7, 11) is 0. The molecule has 0 aromatic carbocycles. The third-order valence-corrected chi connectivity index (χ3v) is 5.92. The van der Waals surface area contributed by atoms with E-state index in [9.17, 15) is 0 Å². The first-order chi connectivity index (χ1) is 10.8. The second-order valence-electron chi connectivity index (χ2n) is 7.86. The fraction of sp³-hybridized carbons (Fsp3) is 1.00. The summed E-state index contributed by atoms with van der Waals surface area (Å²) in [5.74, 6) is -0.236. The molecule has 1 N–H and O–H groups in total. The summed E-state index contributed by atoms with van der Waals surface area (Å²) in [6, 6.07) is 0.707. The highest BCUT2D eigenvalue weighted by atomic mass is 16.8. The maximum atomic E-state index is 6.69. The van der Waals surface area contributed by atoms with Crippen molar-refractivity contribution in [2.45, 2.75) is 108 Å². The Balaban J connectivity index is 1.58. The molecule has 3 fully saturated rings. The number of ether oxygens (including phenoxy) is 2. The first-order valence-electron chi connectivity index (χ1n) is 9.83. The first-order valence-corrected chi connectivity index (χ1v) is 9.83. The van der Waals surface area contributed by atoms with E-state index in [1.54, 1.807) is 0 Å². The Morgan fingerprint density at radius 1 is 1.00 bits per heavy atom. The zero-order valence-electron chi connectivity index (χ0n) is 14.5. The van der Waals surface area contributed by atoms with Gasteiger partial charge in [0.1, 0.15) is 5.60 Å². The highest BCUT2D eigenvalue weighted by molar-refractivity contribution is 4.94. The van der Waals surface area contributed by atoms with Crippen LogP contribution in [0.4, 0.5) is 0 Å². The van der Waals surface area contributed by atoms with E-state index in [0.717, 1.165) is 32.4 Å². The normalized spacial score (nSPS) is 32.6. The van der Waals surface area contributed by atoms with Gasteiger partial charge < -0.3 is 14.8 Å². The van der Waals surface area contributed by atoms with Crippen LogP contribution in [0, 0.1) is 0 Å². The minimum Gasteiger partial charge on any atom is -0.347 e. The molecular weight excluding hydrogens is 274 g/mol. The smallest absolute Gasteiger partial charge is 0.169 e. The molecule has 2 aliphatic carbocycles. The molecule has 3 aliphatic rings. The van der Waals surface area contributed by atoms with E-state index in [1.807, 2.05) is 0 Å². The molecule has 2 saturated carbocycles. The maximum Gasteiger partial charge on any atom is 0.169 e. The van der Waals surface area contributed by atoms with Crippen LogP contribution >= 0.6 is 0 Å². The molecule has 0 aromatic rings. The standard InChI is InChI=1S/C19H35NO2/c1-2-3-12-18(15-20-17-10-6-4-7-11-17)16-21-19(22-18)13-8-5-9-14-19/h17,20H,2-16H2,1H3. The molecule has 0 aromatic heterocycles. The molecule has 1 unspecified atom stereocenters. The molecule has 1 spiro atoms. The van der Waals surface area contributed by atoms with Gasteiger partial charge in [-0.15, -0.1) is 0 Å². The van der Waals surface area contributed by atoms with Crippen molar-refractivity contribution in [3.8, 4) is 0 Å². The molecule has 22 heavy (non-hydrogen) atoms. The van der Waals surface area contributed by atoms with Gasteiger partial charge in [0.05, 0.1) is 6.61 Å². The summed E-state index contributed by atoms with van der Waals surface area (Å²) < 4.78 is 13.0. The van der Waals surface area contributed by atoms with Crippen LogP contribution in [0.25, 0.3) is 0 Å². The zero-order valence-corrected chi connectivity index (χ0v) is 14.5. The predicted octanol–water partition coefficient (Wildman–Crippen LogP) is 4.54. The van der Waals surface area contributed by atoms with Crippen LogP contribution < -0.4 is 5.32 Å². The molecule has 0 amide bonds. The van der Waals surface area contributed by atoms with Crippen LogP contribution in [0.3, 0.4) is 0 Å². The molecule has 128 valence electrons. The third kappa shape index (κ3) is 4.04. The highest BCUT2D eigenvalue weighted by Crippen LogP contribution is 2.43. The van der Waals surface area contributed by atoms with E-state index >= 15 is 0 Å². The Morgan fingerprint density at radius 2 is 1.73 bits per heavy atom. The highest BCUT2D eigenvalue weighted by Gasteiger charge is 2.50. The second-order valence-corrected chi connectivity index (χ2v) is 7.86. The Morgan fingerprint density at radius 3 is 2.45 bits per heavy atom. The molecule has 0 radical (unpaired) electrons. The van der Waals surface area contributed by atoms with Crippen LogP contribution in [0.1, 0.15) is 90.4 Å². The summed E-state index contributed by atoms with van der Waals surface area (Å²) in [5.41, 5.74) is -0.0647. The lowest BCUT2D eigenvalue weighted by atomic mass is 9.92. The van der Waals surface area contributed by atoms with Gasteiger partial charge in [-0.3, -0.25) is 0 Å². The zero-order chi connectivity index (χ0) is 15.3. The third-order valence-electron chi connectivity index (χ3n) is 5.92. The lowest BCUT2D eigenvalue weighted by Gasteiger charge is -2.36. The molecule has 1 aliphatic heterocycles. The summed E-state index contributed by atoms with van der Waals surface area (Å²) >= 11 is 0. The Hall–Kier alpha value is -0.120. The Labute approximate surface area is 136 Å². The monoisotopic (exact) mass is 309 g/mol. The predicted molar refractivity (Wildman–Crippen MR) is 90.0 cm³/mol. The molecule has 1 saturated heterocycles. The van der Waals surface area contributed by atoms with E-state index < -0.39 is 0 Å². The van der Waals surface area contributed by atoms with Gasteiger partial charge in [0, 0.05) is 25.4 Å². The quantitative estimate of drug-likeness (QED) is 0.781. The van der Waals surface area contributed by atoms with Crippen LogP contribution in [0.15, 0.2) is 0 Å². The van der Waals surface area contributed by atoms with Crippen molar-refractivity contribution in [3.05, 3.63) is 0 Å². The van der Waals surface area contributed by atoms with Crippen LogP contribution in [-0.4, -0.2) is 30.6 Å². The minimum atomic E-state index is -0.236. The van der Waals surface area contributed by atoms with Crippen molar-refractivity contribution >= 4 is 0 Å². The molecular formula is C19H35NO2. The van der Waals surface area contributed by atoms with Crippen molar-refractivity contribution < 1.29 is 9.47 Å². The lowest BCUT2D eigenvalue weighted by molar-refractivity contribution is -0.205. The van der Waals surface area contributed by atoms with E-state index in [0.29, 0.717) is 6.04 Å². The van der Waals surface area contributed by atoms with Crippen LogP contribution in [0.5, 0.6) is 0 Å². The van der Waals surface area contributed by atoms with Crippen molar-refractivity contribution in [1.82, 2.24) is 5.32 Å². The number of hydrogen-bond acceptors (Lipinski definition) is 3. The molecule has 1 heterocycles. The van der Waals surface area contributed by atoms with Gasteiger partial charge in [-0.1, -0.05) is 45.4 Å². The summed E-state index contributed by atoms with van der Waals surface area (Å²) in [6.45, 7) is 4.06. The number of hydrogen-bond donors (Lipinski definition) is 1. The van der Waals surface area contributed by atoms with Crippen molar-refractivity contribution in [2.75, 3.05) is 13.2 Å². The van der Waals surface area contributed by atoms with Gasteiger partial charge in [-0.05, 0) is 32.1 Å². The van der Waals surface area contributed by atoms with Gasteiger partial charge in [0.25, 0.3) is 0 Å². The van der Waals surface area contributed by atoms with E-state index in [2.05, 4.69) is 12.2 Å². The van der Waals surface area contributed by atoms with Gasteiger partial charge in [0.2, 0.25) is 0 Å². The van der Waals surface area contributed by atoms with Gasteiger partial charge in [0.15, 0.2) is 5.79 Å². The topological polar surface area (TPSA) is 30.5 Å². The number of rotatable bonds is 6. The van der Waals surface area contributed by atoms with E-state index in [4.69, 9.17) is 9.47 Å². The summed E-state index contributed by atoms with van der Waals surface area (Å²) in [5, 5.41) is 3.83. The summed E-state index contributed by atoms with van der Waals surface area (Å²) in [6.07, 6.45) is 16.6. The average molecular weight is 309 g/mol. The van der Waals surface area contributed by atoms with Gasteiger partial charge in [-0.25, -0.2) is 0 Å². The fourth-order valence-electron chi connectivity index (χ4n) is 4.49. The number of nitrogens with one attached hydrogen (secondary N) is 1.